The average Bonchev–Trinajstić information content (AvgIpc) is 2.29. The van der Waals surface area contributed by atoms with Gasteiger partial charge in [-0.25, -0.2) is 13.2 Å². The third kappa shape index (κ3) is 2.37. The number of aromatic amines is 2. The van der Waals surface area contributed by atoms with E-state index in [1.165, 1.54) is 4.31 Å². The Hall–Kier alpha value is -1.45. The van der Waals surface area contributed by atoms with Gasteiger partial charge in [-0.3, -0.25) is 9.78 Å². The lowest BCUT2D eigenvalue weighted by Gasteiger charge is -2.28. The highest BCUT2D eigenvalue weighted by Gasteiger charge is 2.30. The van der Waals surface area contributed by atoms with Crippen molar-refractivity contribution < 1.29 is 8.42 Å². The topological polar surface area (TPSA) is 129 Å². The summed E-state index contributed by atoms with van der Waals surface area (Å²) in [5.41, 5.74) is 4.05. The van der Waals surface area contributed by atoms with Gasteiger partial charge >= 0.3 is 5.69 Å². The van der Waals surface area contributed by atoms with Gasteiger partial charge in [0, 0.05) is 25.3 Å². The molecule has 1 aromatic heterocycles. The first-order chi connectivity index (χ1) is 8.41. The van der Waals surface area contributed by atoms with Crippen LogP contribution >= 0.6 is 0 Å². The summed E-state index contributed by atoms with van der Waals surface area (Å²) in [5, 5.41) is 0. The quantitative estimate of drug-likeness (QED) is 0.584. The summed E-state index contributed by atoms with van der Waals surface area (Å²) in [4.78, 5) is 25.9. The molecule has 0 radical (unpaired) electrons. The first-order valence-corrected chi connectivity index (χ1v) is 6.93. The molecule has 1 aliphatic rings. The number of sulfonamides is 1. The van der Waals surface area contributed by atoms with Crippen molar-refractivity contribution in [3.05, 3.63) is 27.0 Å². The van der Waals surface area contributed by atoms with E-state index < -0.39 is 26.2 Å². The van der Waals surface area contributed by atoms with Crippen LogP contribution in [0.15, 0.2) is 20.7 Å². The molecular weight excluding hydrogens is 260 g/mol. The van der Waals surface area contributed by atoms with E-state index in [0.717, 1.165) is 6.20 Å². The maximum Gasteiger partial charge on any atom is 0.325 e. The van der Waals surface area contributed by atoms with Crippen molar-refractivity contribution in [2.75, 3.05) is 13.1 Å². The summed E-state index contributed by atoms with van der Waals surface area (Å²) in [7, 11) is -3.87. The van der Waals surface area contributed by atoms with Gasteiger partial charge in [0.25, 0.3) is 5.56 Å². The van der Waals surface area contributed by atoms with E-state index in [2.05, 4.69) is 4.98 Å². The van der Waals surface area contributed by atoms with Gasteiger partial charge in [0.05, 0.1) is 0 Å². The van der Waals surface area contributed by atoms with Crippen LogP contribution in [0, 0.1) is 0 Å². The van der Waals surface area contributed by atoms with Crippen molar-refractivity contribution in [2.45, 2.75) is 23.8 Å². The predicted molar refractivity (Wildman–Crippen MR) is 63.7 cm³/mol. The fraction of sp³-hybridized carbons (Fsp3) is 0.556. The van der Waals surface area contributed by atoms with Crippen LogP contribution in [0.3, 0.4) is 0 Å². The standard InChI is InChI=1S/C9H14N4O4S/c10-6-1-3-13(4-2-6)18(16,17)7-5-11-9(15)12-8(7)14/h5-6H,1-4,10H2,(H2,11,12,14,15). The zero-order valence-electron chi connectivity index (χ0n) is 9.55. The minimum absolute atomic E-state index is 0.00897. The SMILES string of the molecule is NC1CCN(S(=O)(=O)c2c[nH]c(=O)[nH]c2=O)CC1. The number of nitrogens with two attached hydrogens (primary N) is 1. The number of nitrogens with one attached hydrogen (secondary N) is 2. The van der Waals surface area contributed by atoms with Gasteiger partial charge in [-0.1, -0.05) is 0 Å². The molecule has 0 saturated carbocycles. The molecule has 2 rings (SSSR count). The highest BCUT2D eigenvalue weighted by molar-refractivity contribution is 7.89. The van der Waals surface area contributed by atoms with Crippen molar-refractivity contribution in [1.82, 2.24) is 14.3 Å². The lowest BCUT2D eigenvalue weighted by molar-refractivity contribution is 0.319. The van der Waals surface area contributed by atoms with Gasteiger partial charge in [-0.05, 0) is 12.8 Å². The van der Waals surface area contributed by atoms with Gasteiger partial charge in [-0.2, -0.15) is 4.31 Å². The number of aromatic nitrogens is 2. The molecule has 100 valence electrons. The maximum atomic E-state index is 12.2. The number of hydrogen-bond acceptors (Lipinski definition) is 5. The number of rotatable bonds is 2. The van der Waals surface area contributed by atoms with E-state index in [1.807, 2.05) is 4.98 Å². The van der Waals surface area contributed by atoms with Crippen molar-refractivity contribution in [1.29, 1.82) is 0 Å². The molecule has 4 N–H and O–H groups in total. The van der Waals surface area contributed by atoms with E-state index in [0.29, 0.717) is 12.8 Å². The Labute approximate surface area is 103 Å². The molecule has 18 heavy (non-hydrogen) atoms. The molecule has 9 heteroatoms. The van der Waals surface area contributed by atoms with Crippen molar-refractivity contribution in [3.8, 4) is 0 Å². The summed E-state index contributed by atoms with van der Waals surface area (Å²) < 4.78 is 25.5. The second-order valence-corrected chi connectivity index (χ2v) is 6.08. The maximum absolute atomic E-state index is 12.2. The fourth-order valence-electron chi connectivity index (χ4n) is 1.84. The molecule has 0 aromatic carbocycles. The summed E-state index contributed by atoms with van der Waals surface area (Å²) in [6, 6.07) is -0.00897. The second kappa shape index (κ2) is 4.67. The normalized spacial score (nSPS) is 18.9. The third-order valence-corrected chi connectivity index (χ3v) is 4.81. The van der Waals surface area contributed by atoms with Crippen molar-refractivity contribution >= 4 is 10.0 Å². The van der Waals surface area contributed by atoms with Crippen LogP contribution in [0.1, 0.15) is 12.8 Å². The molecule has 8 nitrogen and oxygen atoms in total. The molecule has 0 atom stereocenters. The van der Waals surface area contributed by atoms with Gasteiger partial charge in [0.1, 0.15) is 0 Å². The first-order valence-electron chi connectivity index (χ1n) is 5.49. The molecule has 1 aromatic rings. The average molecular weight is 274 g/mol. The molecule has 0 bridgehead atoms. The van der Waals surface area contributed by atoms with Crippen LogP contribution in [0.5, 0.6) is 0 Å². The second-order valence-electron chi connectivity index (χ2n) is 4.18. The lowest BCUT2D eigenvalue weighted by Crippen LogP contribution is -2.44. The van der Waals surface area contributed by atoms with Crippen molar-refractivity contribution in [3.63, 3.8) is 0 Å². The molecule has 0 aliphatic carbocycles. The highest BCUT2D eigenvalue weighted by atomic mass is 32.2. The van der Waals surface area contributed by atoms with E-state index in [4.69, 9.17) is 5.73 Å². The zero-order valence-corrected chi connectivity index (χ0v) is 10.4. The third-order valence-electron chi connectivity index (χ3n) is 2.90. The van der Waals surface area contributed by atoms with E-state index in [1.54, 1.807) is 0 Å². The van der Waals surface area contributed by atoms with Gasteiger partial charge in [0.15, 0.2) is 4.90 Å². The Kier molecular flexibility index (Phi) is 3.37. The van der Waals surface area contributed by atoms with Crippen LogP contribution in [0.2, 0.25) is 0 Å². The molecule has 2 heterocycles. The van der Waals surface area contributed by atoms with Crippen LogP contribution < -0.4 is 17.0 Å². The largest absolute Gasteiger partial charge is 0.328 e. The molecule has 0 amide bonds. The Morgan fingerprint density at radius 3 is 2.44 bits per heavy atom. The Balaban J connectivity index is 2.37. The summed E-state index contributed by atoms with van der Waals surface area (Å²) in [6.45, 7) is 0.560. The number of hydrogen-bond donors (Lipinski definition) is 3. The minimum Gasteiger partial charge on any atom is -0.328 e. The monoisotopic (exact) mass is 274 g/mol. The smallest absolute Gasteiger partial charge is 0.325 e. The van der Waals surface area contributed by atoms with Crippen LogP contribution in [0.4, 0.5) is 0 Å². The Bertz CT molecular complexity index is 639. The summed E-state index contributed by atoms with van der Waals surface area (Å²) >= 11 is 0. The van der Waals surface area contributed by atoms with Gasteiger partial charge < -0.3 is 10.7 Å². The molecule has 0 spiro atoms. The van der Waals surface area contributed by atoms with Gasteiger partial charge in [-0.15, -0.1) is 0 Å². The van der Waals surface area contributed by atoms with E-state index >= 15 is 0 Å². The molecule has 1 aliphatic heterocycles. The van der Waals surface area contributed by atoms with Crippen LogP contribution in [-0.2, 0) is 10.0 Å². The fourth-order valence-corrected chi connectivity index (χ4v) is 3.31. The summed E-state index contributed by atoms with van der Waals surface area (Å²) in [6.07, 6.45) is 2.03. The van der Waals surface area contributed by atoms with Crippen LogP contribution in [0.25, 0.3) is 0 Å². The molecule has 0 unspecified atom stereocenters. The molecule has 1 saturated heterocycles. The summed E-state index contributed by atoms with van der Waals surface area (Å²) in [5.74, 6) is 0. The van der Waals surface area contributed by atoms with Crippen LogP contribution in [-0.4, -0.2) is 41.8 Å². The number of piperidine rings is 1. The highest BCUT2D eigenvalue weighted by Crippen LogP contribution is 2.16. The van der Waals surface area contributed by atoms with Crippen molar-refractivity contribution in [2.24, 2.45) is 5.73 Å². The van der Waals surface area contributed by atoms with E-state index in [9.17, 15) is 18.0 Å². The number of H-pyrrole nitrogens is 2. The zero-order chi connectivity index (χ0) is 13.3. The Morgan fingerprint density at radius 1 is 1.28 bits per heavy atom. The lowest BCUT2D eigenvalue weighted by atomic mass is 10.1. The Morgan fingerprint density at radius 2 is 1.89 bits per heavy atom. The molecular formula is C9H14N4O4S. The van der Waals surface area contributed by atoms with E-state index in [-0.39, 0.29) is 19.1 Å². The number of nitrogens with zero attached hydrogens (tertiary/aromatic N) is 1. The van der Waals surface area contributed by atoms with Gasteiger partial charge in [0.2, 0.25) is 10.0 Å². The minimum atomic E-state index is -3.87. The predicted octanol–water partition coefficient (Wildman–Crippen LogP) is -1.82. The molecule has 1 fully saturated rings. The first kappa shape index (κ1) is 13.0.